The molecule has 3 aromatic carbocycles. The first-order valence-electron chi connectivity index (χ1n) is 13.0. The molecule has 0 aliphatic heterocycles. The van der Waals surface area contributed by atoms with Gasteiger partial charge in [0.2, 0.25) is 5.82 Å². The van der Waals surface area contributed by atoms with E-state index in [9.17, 15) is 8.78 Å². The Hall–Kier alpha value is -2.88. The van der Waals surface area contributed by atoms with Crippen molar-refractivity contribution in [2.24, 2.45) is 0 Å². The summed E-state index contributed by atoms with van der Waals surface area (Å²) in [4.78, 5) is 0. The third-order valence-corrected chi connectivity index (χ3v) is 6.24. The first kappa shape index (κ1) is 26.7. The maximum Gasteiger partial charge on any atom is 0.201 e. The van der Waals surface area contributed by atoms with E-state index in [1.165, 1.54) is 31.7 Å². The van der Waals surface area contributed by atoms with Crippen molar-refractivity contribution in [1.82, 2.24) is 0 Å². The van der Waals surface area contributed by atoms with Gasteiger partial charge in [-0.25, -0.2) is 4.39 Å². The van der Waals surface area contributed by atoms with Crippen molar-refractivity contribution < 1.29 is 18.3 Å². The van der Waals surface area contributed by atoms with Gasteiger partial charge in [0.15, 0.2) is 11.6 Å². The summed E-state index contributed by atoms with van der Waals surface area (Å²) >= 11 is 0. The molecule has 0 saturated heterocycles. The van der Waals surface area contributed by atoms with Gasteiger partial charge < -0.3 is 9.47 Å². The second-order valence-electron chi connectivity index (χ2n) is 9.17. The van der Waals surface area contributed by atoms with Crippen LogP contribution in [0.25, 0.3) is 22.3 Å². The van der Waals surface area contributed by atoms with Crippen LogP contribution in [0.5, 0.6) is 11.5 Å². The van der Waals surface area contributed by atoms with Crippen LogP contribution >= 0.6 is 0 Å². The lowest BCUT2D eigenvalue weighted by molar-refractivity contribution is 0.206. The van der Waals surface area contributed by atoms with Crippen molar-refractivity contribution in [1.29, 1.82) is 0 Å². The fraction of sp³-hybridized carbons (Fsp3) is 0.419. The summed E-state index contributed by atoms with van der Waals surface area (Å²) in [5.41, 5.74) is 2.90. The van der Waals surface area contributed by atoms with Crippen LogP contribution in [0, 0.1) is 11.6 Å². The summed E-state index contributed by atoms with van der Waals surface area (Å²) in [5, 5.41) is 0. The average molecular weight is 481 g/mol. The fourth-order valence-electron chi connectivity index (χ4n) is 4.12. The molecule has 4 heteroatoms. The minimum absolute atomic E-state index is 0.0310. The molecule has 0 unspecified atom stereocenters. The first-order chi connectivity index (χ1) is 17.0. The zero-order chi connectivity index (χ0) is 25.0. The summed E-state index contributed by atoms with van der Waals surface area (Å²) < 4.78 is 40.7. The number of ether oxygens (including phenoxy) is 2. The van der Waals surface area contributed by atoms with E-state index < -0.39 is 11.6 Å². The summed E-state index contributed by atoms with van der Waals surface area (Å²) in [7, 11) is 0. The van der Waals surface area contributed by atoms with Crippen LogP contribution in [0.15, 0.2) is 60.7 Å². The Morgan fingerprint density at radius 1 is 0.657 bits per heavy atom. The van der Waals surface area contributed by atoms with Crippen LogP contribution in [-0.4, -0.2) is 12.7 Å². The van der Waals surface area contributed by atoms with E-state index in [1.54, 1.807) is 6.07 Å². The van der Waals surface area contributed by atoms with Crippen molar-refractivity contribution in [3.8, 4) is 33.8 Å². The Balaban J connectivity index is 1.62. The highest BCUT2D eigenvalue weighted by atomic mass is 19.2. The van der Waals surface area contributed by atoms with Crippen LogP contribution in [0.3, 0.4) is 0 Å². The molecule has 0 amide bonds. The molecule has 35 heavy (non-hydrogen) atoms. The van der Waals surface area contributed by atoms with Crippen LogP contribution in [0.1, 0.15) is 72.1 Å². The van der Waals surface area contributed by atoms with Gasteiger partial charge in [0.25, 0.3) is 0 Å². The maximum atomic E-state index is 14.7. The maximum absolute atomic E-state index is 14.7. The fourth-order valence-corrected chi connectivity index (χ4v) is 4.12. The van der Waals surface area contributed by atoms with E-state index in [2.05, 4.69) is 20.8 Å². The van der Waals surface area contributed by atoms with E-state index in [0.29, 0.717) is 12.2 Å². The molecule has 0 fully saturated rings. The molecule has 0 aromatic heterocycles. The van der Waals surface area contributed by atoms with Crippen LogP contribution in [0.4, 0.5) is 8.78 Å². The van der Waals surface area contributed by atoms with Gasteiger partial charge in [-0.05, 0) is 67.1 Å². The second-order valence-corrected chi connectivity index (χ2v) is 9.17. The lowest BCUT2D eigenvalue weighted by Gasteiger charge is -2.15. The molecule has 0 aliphatic rings. The predicted molar refractivity (Wildman–Crippen MR) is 141 cm³/mol. The molecule has 3 aromatic rings. The van der Waals surface area contributed by atoms with Crippen molar-refractivity contribution in [3.63, 3.8) is 0 Å². The monoisotopic (exact) mass is 480 g/mol. The number of hydrogen-bond acceptors (Lipinski definition) is 2. The highest BCUT2D eigenvalue weighted by Crippen LogP contribution is 2.32. The smallest absolute Gasteiger partial charge is 0.201 e. The van der Waals surface area contributed by atoms with Gasteiger partial charge in [-0.3, -0.25) is 0 Å². The van der Waals surface area contributed by atoms with Crippen LogP contribution < -0.4 is 9.47 Å². The number of hydrogen-bond donors (Lipinski definition) is 0. The lowest BCUT2D eigenvalue weighted by Crippen LogP contribution is -2.11. The Kier molecular flexibility index (Phi) is 10.6. The third-order valence-electron chi connectivity index (χ3n) is 6.24. The van der Waals surface area contributed by atoms with Gasteiger partial charge in [-0.1, -0.05) is 82.3 Å². The number of rotatable bonds is 14. The number of halogens is 2. The molecular weight excluding hydrogens is 442 g/mol. The van der Waals surface area contributed by atoms with Gasteiger partial charge in [-0.2, -0.15) is 4.39 Å². The Morgan fingerprint density at radius 2 is 1.26 bits per heavy atom. The zero-order valence-corrected chi connectivity index (χ0v) is 21.3. The topological polar surface area (TPSA) is 18.5 Å². The SMILES string of the molecule is CCCCCC[C@@H](C)Oc1ccc(-c2ccc(-c3ccc(OCCCCC)c(F)c3F)cc2)cc1. The van der Waals surface area contributed by atoms with E-state index in [4.69, 9.17) is 9.47 Å². The second kappa shape index (κ2) is 13.9. The van der Waals surface area contributed by atoms with Crippen LogP contribution in [-0.2, 0) is 0 Å². The summed E-state index contributed by atoms with van der Waals surface area (Å²) in [6.45, 7) is 6.81. The molecule has 0 N–H and O–H groups in total. The standard InChI is InChI=1S/C31H38F2O2/c1-4-6-8-9-11-23(3)35-27-18-16-25(17-19-27)24-12-14-26(15-13-24)28-20-21-29(31(33)30(28)32)34-22-10-7-5-2/h12-21,23H,4-11,22H2,1-3H3/t23-/m1/s1. The number of unbranched alkanes of at least 4 members (excludes halogenated alkanes) is 5. The molecule has 0 heterocycles. The Bertz CT molecular complexity index is 1030. The lowest BCUT2D eigenvalue weighted by atomic mass is 9.99. The van der Waals surface area contributed by atoms with Gasteiger partial charge >= 0.3 is 0 Å². The zero-order valence-electron chi connectivity index (χ0n) is 21.3. The molecule has 3 rings (SSSR count). The molecule has 2 nitrogen and oxygen atoms in total. The van der Waals surface area contributed by atoms with Crippen LogP contribution in [0.2, 0.25) is 0 Å². The largest absolute Gasteiger partial charge is 0.491 e. The van der Waals surface area contributed by atoms with Gasteiger partial charge in [0, 0.05) is 5.56 Å². The van der Waals surface area contributed by atoms with Crippen molar-refractivity contribution in [2.75, 3.05) is 6.61 Å². The average Bonchev–Trinajstić information content (AvgIpc) is 2.88. The van der Waals surface area contributed by atoms with E-state index in [1.807, 2.05) is 48.5 Å². The summed E-state index contributed by atoms with van der Waals surface area (Å²) in [6.07, 6.45) is 9.10. The molecule has 0 aliphatic carbocycles. The van der Waals surface area contributed by atoms with E-state index >= 15 is 0 Å². The number of benzene rings is 3. The Labute approximate surface area is 209 Å². The van der Waals surface area contributed by atoms with Gasteiger partial charge in [0.05, 0.1) is 12.7 Å². The molecule has 0 radical (unpaired) electrons. The highest BCUT2D eigenvalue weighted by Gasteiger charge is 2.16. The Morgan fingerprint density at radius 3 is 1.91 bits per heavy atom. The summed E-state index contributed by atoms with van der Waals surface area (Å²) in [5.74, 6) is -0.978. The predicted octanol–water partition coefficient (Wildman–Crippen LogP) is 9.61. The highest BCUT2D eigenvalue weighted by molar-refractivity contribution is 5.71. The third kappa shape index (κ3) is 7.81. The molecule has 0 bridgehead atoms. The molecule has 188 valence electrons. The first-order valence-corrected chi connectivity index (χ1v) is 13.0. The normalized spacial score (nSPS) is 11.9. The molecular formula is C31H38F2O2. The molecule has 0 saturated carbocycles. The molecule has 1 atom stereocenters. The van der Waals surface area contributed by atoms with Crippen molar-refractivity contribution in [2.45, 2.75) is 78.2 Å². The van der Waals surface area contributed by atoms with E-state index in [0.717, 1.165) is 42.6 Å². The minimum atomic E-state index is -0.932. The van der Waals surface area contributed by atoms with Gasteiger partial charge in [-0.15, -0.1) is 0 Å². The summed E-state index contributed by atoms with van der Waals surface area (Å²) in [6, 6.07) is 18.6. The van der Waals surface area contributed by atoms with Gasteiger partial charge in [0.1, 0.15) is 5.75 Å². The minimum Gasteiger partial charge on any atom is -0.491 e. The molecule has 0 spiro atoms. The van der Waals surface area contributed by atoms with E-state index in [-0.39, 0.29) is 17.4 Å². The van der Waals surface area contributed by atoms with Crippen molar-refractivity contribution in [3.05, 3.63) is 72.3 Å². The quantitative estimate of drug-likeness (QED) is 0.214. The van der Waals surface area contributed by atoms with Crippen molar-refractivity contribution >= 4 is 0 Å².